The second-order valence-electron chi connectivity index (χ2n) is 5.37. The quantitative estimate of drug-likeness (QED) is 0.847. The summed E-state index contributed by atoms with van der Waals surface area (Å²) in [4.78, 5) is 4.25. The molecule has 0 saturated heterocycles. The molecular weight excluding hydrogens is 264 g/mol. The fourth-order valence-corrected chi connectivity index (χ4v) is 2.17. The van der Waals surface area contributed by atoms with Gasteiger partial charge in [-0.2, -0.15) is 0 Å². The van der Waals surface area contributed by atoms with Crippen LogP contribution in [0.3, 0.4) is 0 Å². The van der Waals surface area contributed by atoms with E-state index >= 15 is 0 Å². The number of methoxy groups -OCH3 is 1. The van der Waals surface area contributed by atoms with Crippen LogP contribution in [0.1, 0.15) is 24.0 Å². The topological polar surface area (TPSA) is 43.4 Å². The normalized spacial score (nSPS) is 14.1. The van der Waals surface area contributed by atoms with Gasteiger partial charge in [0.25, 0.3) is 0 Å². The van der Waals surface area contributed by atoms with Crippen molar-refractivity contribution in [3.05, 3.63) is 53.9 Å². The van der Waals surface area contributed by atoms with Crippen LogP contribution in [0.15, 0.2) is 42.7 Å². The first kappa shape index (κ1) is 14.0. The Kier molecular flexibility index (Phi) is 4.48. The van der Waals surface area contributed by atoms with E-state index in [1.807, 2.05) is 36.5 Å². The molecule has 0 bridgehead atoms. The fraction of sp³-hybridized carbons (Fsp3) is 0.353. The fourth-order valence-electron chi connectivity index (χ4n) is 2.17. The van der Waals surface area contributed by atoms with Gasteiger partial charge in [0.2, 0.25) is 0 Å². The number of nitrogens with one attached hydrogen (secondary N) is 1. The van der Waals surface area contributed by atoms with Crippen LogP contribution in [-0.4, -0.2) is 18.1 Å². The summed E-state index contributed by atoms with van der Waals surface area (Å²) in [7, 11) is 1.69. The van der Waals surface area contributed by atoms with Crippen LogP contribution < -0.4 is 10.1 Å². The molecule has 1 aliphatic rings. The molecule has 4 heteroatoms. The van der Waals surface area contributed by atoms with E-state index < -0.39 is 0 Å². The predicted octanol–water partition coefficient (Wildman–Crippen LogP) is 3.27. The molecule has 0 radical (unpaired) electrons. The van der Waals surface area contributed by atoms with E-state index in [0.29, 0.717) is 12.6 Å². The van der Waals surface area contributed by atoms with Gasteiger partial charge in [0.05, 0.1) is 12.8 Å². The van der Waals surface area contributed by atoms with Crippen molar-refractivity contribution in [1.82, 2.24) is 10.3 Å². The summed E-state index contributed by atoms with van der Waals surface area (Å²) in [6, 6.07) is 10.6. The molecule has 2 aromatic rings. The molecule has 21 heavy (non-hydrogen) atoms. The van der Waals surface area contributed by atoms with Gasteiger partial charge in [0.15, 0.2) is 0 Å². The summed E-state index contributed by atoms with van der Waals surface area (Å²) in [5.41, 5.74) is 2.24. The van der Waals surface area contributed by atoms with Crippen molar-refractivity contribution in [2.75, 3.05) is 7.11 Å². The molecule has 1 aliphatic carbocycles. The Hall–Kier alpha value is -1.91. The van der Waals surface area contributed by atoms with Crippen LogP contribution in [0.2, 0.25) is 0 Å². The minimum Gasteiger partial charge on any atom is -0.456 e. The zero-order chi connectivity index (χ0) is 14.5. The van der Waals surface area contributed by atoms with Gasteiger partial charge in [-0.15, -0.1) is 0 Å². The summed E-state index contributed by atoms with van der Waals surface area (Å²) >= 11 is 0. The Bertz CT molecular complexity index is 597. The molecule has 1 aromatic heterocycles. The molecule has 1 N–H and O–H groups in total. The number of rotatable bonds is 7. The van der Waals surface area contributed by atoms with Gasteiger partial charge >= 0.3 is 0 Å². The average Bonchev–Trinajstić information content (AvgIpc) is 3.31. The zero-order valence-electron chi connectivity index (χ0n) is 12.2. The highest BCUT2D eigenvalue weighted by molar-refractivity contribution is 5.34. The lowest BCUT2D eigenvalue weighted by atomic mass is 10.2. The Morgan fingerprint density at radius 1 is 1.14 bits per heavy atom. The van der Waals surface area contributed by atoms with Gasteiger partial charge in [0.1, 0.15) is 11.5 Å². The Morgan fingerprint density at radius 2 is 2.00 bits per heavy atom. The van der Waals surface area contributed by atoms with Crippen LogP contribution in [0.4, 0.5) is 0 Å². The Morgan fingerprint density at radius 3 is 2.81 bits per heavy atom. The van der Waals surface area contributed by atoms with Gasteiger partial charge < -0.3 is 14.8 Å². The molecule has 1 saturated carbocycles. The van der Waals surface area contributed by atoms with Gasteiger partial charge in [-0.3, -0.25) is 4.98 Å². The number of ether oxygens (including phenoxy) is 2. The second-order valence-corrected chi connectivity index (χ2v) is 5.37. The minimum atomic E-state index is 0.584. The molecule has 0 amide bonds. The van der Waals surface area contributed by atoms with Gasteiger partial charge in [-0.05, 0) is 42.2 Å². The molecule has 3 rings (SSSR count). The van der Waals surface area contributed by atoms with E-state index in [1.54, 1.807) is 13.3 Å². The average molecular weight is 284 g/mol. The second kappa shape index (κ2) is 6.70. The van der Waals surface area contributed by atoms with Crippen molar-refractivity contribution in [2.45, 2.75) is 32.0 Å². The molecule has 4 nitrogen and oxygen atoms in total. The zero-order valence-corrected chi connectivity index (χ0v) is 12.2. The van der Waals surface area contributed by atoms with E-state index in [2.05, 4.69) is 10.3 Å². The van der Waals surface area contributed by atoms with Crippen molar-refractivity contribution in [1.29, 1.82) is 0 Å². The van der Waals surface area contributed by atoms with E-state index in [9.17, 15) is 0 Å². The summed E-state index contributed by atoms with van der Waals surface area (Å²) < 4.78 is 11.0. The lowest BCUT2D eigenvalue weighted by Crippen LogP contribution is -2.15. The third kappa shape index (κ3) is 4.28. The van der Waals surface area contributed by atoms with Crippen molar-refractivity contribution >= 4 is 0 Å². The molecule has 1 fully saturated rings. The maximum Gasteiger partial charge on any atom is 0.146 e. The molecule has 1 aromatic carbocycles. The number of hydrogen-bond acceptors (Lipinski definition) is 4. The number of hydrogen-bond donors (Lipinski definition) is 1. The lowest BCUT2D eigenvalue weighted by molar-refractivity contribution is 0.184. The maximum atomic E-state index is 5.88. The highest BCUT2D eigenvalue weighted by atomic mass is 16.5. The SMILES string of the molecule is COCc1cccc(Oc2cncc(CNC3CC3)c2)c1. The van der Waals surface area contributed by atoms with E-state index in [0.717, 1.165) is 29.2 Å². The van der Waals surface area contributed by atoms with E-state index in [-0.39, 0.29) is 0 Å². The van der Waals surface area contributed by atoms with Gasteiger partial charge in [-0.25, -0.2) is 0 Å². The Balaban J connectivity index is 1.65. The monoisotopic (exact) mass is 284 g/mol. The maximum absolute atomic E-state index is 5.88. The highest BCUT2D eigenvalue weighted by Crippen LogP contribution is 2.23. The first-order valence-electron chi connectivity index (χ1n) is 7.26. The molecule has 1 heterocycles. The van der Waals surface area contributed by atoms with Gasteiger partial charge in [-0.1, -0.05) is 12.1 Å². The number of aromatic nitrogens is 1. The highest BCUT2D eigenvalue weighted by Gasteiger charge is 2.19. The molecule has 0 atom stereocenters. The molecule has 110 valence electrons. The van der Waals surface area contributed by atoms with Gasteiger partial charge in [0, 0.05) is 25.9 Å². The van der Waals surface area contributed by atoms with Crippen molar-refractivity contribution in [3.63, 3.8) is 0 Å². The summed E-state index contributed by atoms with van der Waals surface area (Å²) in [6.45, 7) is 1.43. The first-order chi connectivity index (χ1) is 10.3. The Labute approximate surface area is 125 Å². The summed E-state index contributed by atoms with van der Waals surface area (Å²) in [6.07, 6.45) is 6.19. The van der Waals surface area contributed by atoms with Crippen LogP contribution >= 0.6 is 0 Å². The number of pyridine rings is 1. The van der Waals surface area contributed by atoms with Crippen LogP contribution in [0, 0.1) is 0 Å². The van der Waals surface area contributed by atoms with Crippen LogP contribution in [0.5, 0.6) is 11.5 Å². The summed E-state index contributed by atoms with van der Waals surface area (Å²) in [5.74, 6) is 1.57. The van der Waals surface area contributed by atoms with Crippen molar-refractivity contribution < 1.29 is 9.47 Å². The van der Waals surface area contributed by atoms with Crippen molar-refractivity contribution in [3.8, 4) is 11.5 Å². The molecule has 0 aliphatic heterocycles. The van der Waals surface area contributed by atoms with Crippen LogP contribution in [0.25, 0.3) is 0 Å². The smallest absolute Gasteiger partial charge is 0.146 e. The number of benzene rings is 1. The minimum absolute atomic E-state index is 0.584. The number of nitrogens with zero attached hydrogens (tertiary/aromatic N) is 1. The lowest BCUT2D eigenvalue weighted by Gasteiger charge is -2.09. The third-order valence-corrected chi connectivity index (χ3v) is 3.39. The largest absolute Gasteiger partial charge is 0.456 e. The van der Waals surface area contributed by atoms with E-state index in [4.69, 9.17) is 9.47 Å². The molecule has 0 unspecified atom stereocenters. The van der Waals surface area contributed by atoms with E-state index in [1.165, 1.54) is 12.8 Å². The standard InChI is InChI=1S/C17H20N2O2/c1-20-12-13-3-2-4-16(7-13)21-17-8-14(9-18-11-17)10-19-15-5-6-15/h2-4,7-9,11,15,19H,5-6,10,12H2,1H3. The molecular formula is C17H20N2O2. The third-order valence-electron chi connectivity index (χ3n) is 3.39. The van der Waals surface area contributed by atoms with Crippen LogP contribution in [-0.2, 0) is 17.9 Å². The van der Waals surface area contributed by atoms with Crippen molar-refractivity contribution in [2.24, 2.45) is 0 Å². The predicted molar refractivity (Wildman–Crippen MR) is 81.3 cm³/mol. The molecule has 0 spiro atoms. The summed E-state index contributed by atoms with van der Waals surface area (Å²) in [5, 5.41) is 3.48. The first-order valence-corrected chi connectivity index (χ1v) is 7.26.